The zero-order valence-corrected chi connectivity index (χ0v) is 17.3. The van der Waals surface area contributed by atoms with E-state index >= 15 is 0 Å². The van der Waals surface area contributed by atoms with Crippen molar-refractivity contribution in [2.45, 2.75) is 12.2 Å². The van der Waals surface area contributed by atoms with Gasteiger partial charge in [-0.25, -0.2) is 0 Å². The summed E-state index contributed by atoms with van der Waals surface area (Å²) in [5, 5.41) is 5.39. The van der Waals surface area contributed by atoms with Crippen LogP contribution in [0.25, 0.3) is 0 Å². The van der Waals surface area contributed by atoms with Crippen molar-refractivity contribution < 1.29 is 27.4 Å². The van der Waals surface area contributed by atoms with Crippen LogP contribution in [0.5, 0.6) is 11.5 Å². The molecule has 1 atom stereocenters. The van der Waals surface area contributed by atoms with Crippen molar-refractivity contribution in [1.82, 2.24) is 0 Å². The van der Waals surface area contributed by atoms with Gasteiger partial charge < -0.3 is 20.1 Å². The Morgan fingerprint density at radius 3 is 2.38 bits per heavy atom. The molecule has 0 fully saturated rings. The molecule has 0 saturated heterocycles. The summed E-state index contributed by atoms with van der Waals surface area (Å²) in [4.78, 5) is 13.1. The third-order valence-electron chi connectivity index (χ3n) is 4.79. The molecule has 0 unspecified atom stereocenters. The second kappa shape index (κ2) is 9.00. The normalized spacial score (nSPS) is 13.9. The Balaban J connectivity index is 1.64. The summed E-state index contributed by atoms with van der Waals surface area (Å²) in [5.74, 6) is 0.433. The Kier molecular flexibility index (Phi) is 6.14. The number of hydrogen-bond acceptors (Lipinski definition) is 4. The Morgan fingerprint density at radius 1 is 0.938 bits per heavy atom. The number of carbonyl (C=O) groups is 1. The minimum atomic E-state index is -4.68. The number of halogens is 4. The molecule has 0 radical (unpaired) electrons. The Morgan fingerprint density at radius 2 is 1.66 bits per heavy atom. The van der Waals surface area contributed by atoms with E-state index in [-0.39, 0.29) is 10.7 Å². The summed E-state index contributed by atoms with van der Waals surface area (Å²) >= 11 is 5.74. The maximum absolute atomic E-state index is 13.5. The van der Waals surface area contributed by atoms with E-state index < -0.39 is 23.7 Å². The second-order valence-corrected chi connectivity index (χ2v) is 7.46. The topological polar surface area (TPSA) is 59.6 Å². The van der Waals surface area contributed by atoms with Gasteiger partial charge in [0.2, 0.25) is 0 Å². The fourth-order valence-electron chi connectivity index (χ4n) is 3.31. The second-order valence-electron chi connectivity index (χ2n) is 7.02. The minimum Gasteiger partial charge on any atom is -0.486 e. The molecule has 0 saturated carbocycles. The van der Waals surface area contributed by atoms with Crippen LogP contribution < -0.4 is 20.1 Å². The number of ether oxygens (including phenoxy) is 2. The molecular formula is C23H18ClF3N2O3. The quantitative estimate of drug-likeness (QED) is 0.494. The third kappa shape index (κ3) is 4.91. The standard InChI is InChI=1S/C23H18ClF3N2O3/c24-15-6-8-18(17(12-15)23(25,26)27)29-22(30)21(14-4-2-1-3-5-14)28-16-7-9-19-20(13-16)32-11-10-31-19/h1-9,12-13,21,28H,10-11H2,(H,29,30)/t21-/m0/s1. The molecule has 32 heavy (non-hydrogen) atoms. The highest BCUT2D eigenvalue weighted by molar-refractivity contribution is 6.30. The van der Waals surface area contributed by atoms with Gasteiger partial charge in [0.15, 0.2) is 11.5 Å². The van der Waals surface area contributed by atoms with Gasteiger partial charge in [0.05, 0.1) is 11.3 Å². The van der Waals surface area contributed by atoms with E-state index in [1.165, 1.54) is 6.07 Å². The first-order valence-corrected chi connectivity index (χ1v) is 10.1. The number of rotatable bonds is 5. The van der Waals surface area contributed by atoms with Crippen molar-refractivity contribution in [2.24, 2.45) is 0 Å². The van der Waals surface area contributed by atoms with Crippen molar-refractivity contribution in [3.8, 4) is 11.5 Å². The Labute approximate surface area is 187 Å². The highest BCUT2D eigenvalue weighted by Crippen LogP contribution is 2.37. The molecule has 5 nitrogen and oxygen atoms in total. The van der Waals surface area contributed by atoms with E-state index in [4.69, 9.17) is 21.1 Å². The first-order chi connectivity index (χ1) is 15.3. The van der Waals surface area contributed by atoms with Crippen LogP contribution in [-0.2, 0) is 11.0 Å². The number of carbonyl (C=O) groups excluding carboxylic acids is 1. The molecule has 0 spiro atoms. The van der Waals surface area contributed by atoms with E-state index in [1.54, 1.807) is 48.5 Å². The number of fused-ring (bicyclic) bond motifs is 1. The molecule has 0 bridgehead atoms. The van der Waals surface area contributed by atoms with Crippen molar-refractivity contribution >= 4 is 28.9 Å². The Hall–Kier alpha value is -3.39. The van der Waals surface area contributed by atoms with Gasteiger partial charge in [-0.1, -0.05) is 41.9 Å². The number of nitrogens with one attached hydrogen (secondary N) is 2. The highest BCUT2D eigenvalue weighted by atomic mass is 35.5. The summed E-state index contributed by atoms with van der Waals surface area (Å²) in [6, 6.07) is 16.0. The molecule has 0 aliphatic carbocycles. The number of amides is 1. The summed E-state index contributed by atoms with van der Waals surface area (Å²) in [6.07, 6.45) is -4.68. The molecule has 2 N–H and O–H groups in total. The first kappa shape index (κ1) is 21.8. The van der Waals surface area contributed by atoms with Crippen molar-refractivity contribution in [2.75, 3.05) is 23.8 Å². The summed E-state index contributed by atoms with van der Waals surface area (Å²) in [5.41, 5.74) is -0.283. The lowest BCUT2D eigenvalue weighted by Crippen LogP contribution is -2.28. The van der Waals surface area contributed by atoms with Gasteiger partial charge in [0.25, 0.3) is 5.91 Å². The van der Waals surface area contributed by atoms with Gasteiger partial charge in [0.1, 0.15) is 19.3 Å². The van der Waals surface area contributed by atoms with Crippen LogP contribution in [0.4, 0.5) is 24.5 Å². The molecule has 1 heterocycles. The molecular weight excluding hydrogens is 445 g/mol. The van der Waals surface area contributed by atoms with Gasteiger partial charge in [-0.15, -0.1) is 0 Å². The first-order valence-electron chi connectivity index (χ1n) is 9.70. The molecule has 166 valence electrons. The van der Waals surface area contributed by atoms with Crippen molar-refractivity contribution in [1.29, 1.82) is 0 Å². The fourth-order valence-corrected chi connectivity index (χ4v) is 3.48. The highest BCUT2D eigenvalue weighted by Gasteiger charge is 2.35. The van der Waals surface area contributed by atoms with Crippen LogP contribution >= 0.6 is 11.6 Å². The molecule has 9 heteroatoms. The average Bonchev–Trinajstić information content (AvgIpc) is 2.78. The summed E-state index contributed by atoms with van der Waals surface area (Å²) in [6.45, 7) is 0.841. The fraction of sp³-hybridized carbons (Fsp3) is 0.174. The third-order valence-corrected chi connectivity index (χ3v) is 5.03. The zero-order valence-electron chi connectivity index (χ0n) is 16.6. The van der Waals surface area contributed by atoms with Crippen molar-refractivity contribution in [3.63, 3.8) is 0 Å². The monoisotopic (exact) mass is 462 g/mol. The van der Waals surface area contributed by atoms with E-state index in [9.17, 15) is 18.0 Å². The van der Waals surface area contributed by atoms with Crippen LogP contribution in [0.1, 0.15) is 17.2 Å². The minimum absolute atomic E-state index is 0.0793. The molecule has 3 aromatic carbocycles. The number of anilines is 2. The van der Waals surface area contributed by atoms with Crippen LogP contribution in [0.2, 0.25) is 5.02 Å². The predicted octanol–water partition coefficient (Wildman–Crippen LogP) is 5.92. The van der Waals surface area contributed by atoms with Gasteiger partial charge in [-0.2, -0.15) is 13.2 Å². The molecule has 3 aromatic rings. The van der Waals surface area contributed by atoms with Crippen LogP contribution in [-0.4, -0.2) is 19.1 Å². The molecule has 1 aliphatic heterocycles. The molecule has 1 amide bonds. The van der Waals surface area contributed by atoms with Gasteiger partial charge in [0, 0.05) is 16.8 Å². The largest absolute Gasteiger partial charge is 0.486 e. The lowest BCUT2D eigenvalue weighted by Gasteiger charge is -2.23. The van der Waals surface area contributed by atoms with E-state index in [1.807, 2.05) is 0 Å². The maximum Gasteiger partial charge on any atom is 0.418 e. The van der Waals surface area contributed by atoms with Crippen LogP contribution in [0, 0.1) is 0 Å². The van der Waals surface area contributed by atoms with Crippen LogP contribution in [0.15, 0.2) is 66.7 Å². The summed E-state index contributed by atoms with van der Waals surface area (Å²) in [7, 11) is 0. The van der Waals surface area contributed by atoms with Gasteiger partial charge >= 0.3 is 6.18 Å². The average molecular weight is 463 g/mol. The zero-order chi connectivity index (χ0) is 22.7. The molecule has 4 rings (SSSR count). The number of benzene rings is 3. The summed E-state index contributed by atoms with van der Waals surface area (Å²) < 4.78 is 51.4. The van der Waals surface area contributed by atoms with E-state index in [0.717, 1.165) is 12.1 Å². The molecule has 1 aliphatic rings. The van der Waals surface area contributed by atoms with Crippen LogP contribution in [0.3, 0.4) is 0 Å². The number of alkyl halides is 3. The Bertz CT molecular complexity index is 1120. The lowest BCUT2D eigenvalue weighted by atomic mass is 10.0. The van der Waals surface area contributed by atoms with Gasteiger partial charge in [-0.05, 0) is 35.9 Å². The lowest BCUT2D eigenvalue weighted by molar-refractivity contribution is -0.137. The smallest absolute Gasteiger partial charge is 0.418 e. The maximum atomic E-state index is 13.5. The predicted molar refractivity (Wildman–Crippen MR) is 115 cm³/mol. The number of hydrogen-bond donors (Lipinski definition) is 2. The van der Waals surface area contributed by atoms with Gasteiger partial charge in [-0.3, -0.25) is 4.79 Å². The SMILES string of the molecule is O=C(Nc1ccc(Cl)cc1C(F)(F)F)[C@@H](Nc1ccc2c(c1)OCCO2)c1ccccc1. The van der Waals surface area contributed by atoms with E-state index in [2.05, 4.69) is 10.6 Å². The van der Waals surface area contributed by atoms with Crippen molar-refractivity contribution in [3.05, 3.63) is 82.9 Å². The van der Waals surface area contributed by atoms with E-state index in [0.29, 0.717) is 36.0 Å². The molecule has 0 aromatic heterocycles.